The molecule has 1 aliphatic rings. The number of carbonyl (C=O) groups excluding carboxylic acids is 2. The van der Waals surface area contributed by atoms with Gasteiger partial charge in [0.05, 0.1) is 18.4 Å². The van der Waals surface area contributed by atoms with E-state index in [-0.39, 0.29) is 24.5 Å². The van der Waals surface area contributed by atoms with E-state index in [1.54, 1.807) is 37.4 Å². The lowest BCUT2D eigenvalue weighted by Crippen LogP contribution is -2.38. The SMILES string of the molecule is COc1ccccc1OCC(=O)Nc1ccccc1C(=O)N(C)C1CCCCC1. The van der Waals surface area contributed by atoms with Crippen LogP contribution in [0.1, 0.15) is 42.5 Å². The highest BCUT2D eigenvalue weighted by Crippen LogP contribution is 2.26. The van der Waals surface area contributed by atoms with Crippen molar-refractivity contribution in [3.8, 4) is 11.5 Å². The molecule has 0 bridgehead atoms. The van der Waals surface area contributed by atoms with E-state index in [2.05, 4.69) is 5.32 Å². The van der Waals surface area contributed by atoms with Crippen molar-refractivity contribution in [2.24, 2.45) is 0 Å². The molecule has 2 amide bonds. The summed E-state index contributed by atoms with van der Waals surface area (Å²) in [5.74, 6) is 0.645. The van der Waals surface area contributed by atoms with Gasteiger partial charge in [0.25, 0.3) is 11.8 Å². The Hall–Kier alpha value is -3.02. The molecule has 2 aromatic rings. The summed E-state index contributed by atoms with van der Waals surface area (Å²) in [5.41, 5.74) is 0.986. The van der Waals surface area contributed by atoms with Crippen LogP contribution in [0.3, 0.4) is 0 Å². The smallest absolute Gasteiger partial charge is 0.262 e. The normalized spacial score (nSPS) is 14.1. The lowest BCUT2D eigenvalue weighted by Gasteiger charge is -2.31. The Morgan fingerprint density at radius 3 is 2.38 bits per heavy atom. The van der Waals surface area contributed by atoms with E-state index in [9.17, 15) is 9.59 Å². The molecule has 0 unspecified atom stereocenters. The molecule has 6 heteroatoms. The molecule has 0 atom stereocenters. The van der Waals surface area contributed by atoms with Crippen LogP contribution in [-0.2, 0) is 4.79 Å². The third-order valence-electron chi connectivity index (χ3n) is 5.30. The Balaban J connectivity index is 1.65. The van der Waals surface area contributed by atoms with Crippen LogP contribution in [0.5, 0.6) is 11.5 Å². The molecule has 1 fully saturated rings. The van der Waals surface area contributed by atoms with Gasteiger partial charge in [-0.05, 0) is 37.1 Å². The standard InChI is InChI=1S/C23H28N2O4/c1-25(17-10-4-3-5-11-17)23(27)18-12-6-7-13-19(18)24-22(26)16-29-21-15-9-8-14-20(21)28-2/h6-9,12-15,17H,3-5,10-11,16H2,1-2H3,(H,24,26). The van der Waals surface area contributed by atoms with Crippen molar-refractivity contribution in [3.63, 3.8) is 0 Å². The molecule has 1 N–H and O–H groups in total. The number of rotatable bonds is 7. The highest BCUT2D eigenvalue weighted by molar-refractivity contribution is 6.04. The molecular formula is C23H28N2O4. The van der Waals surface area contributed by atoms with Gasteiger partial charge in [-0.2, -0.15) is 0 Å². The minimum atomic E-state index is -0.337. The van der Waals surface area contributed by atoms with Crippen LogP contribution >= 0.6 is 0 Å². The van der Waals surface area contributed by atoms with Gasteiger partial charge < -0.3 is 19.7 Å². The summed E-state index contributed by atoms with van der Waals surface area (Å²) in [4.78, 5) is 27.3. The summed E-state index contributed by atoms with van der Waals surface area (Å²) in [6.07, 6.45) is 5.60. The number of nitrogens with zero attached hydrogens (tertiary/aromatic N) is 1. The van der Waals surface area contributed by atoms with Crippen LogP contribution in [0.25, 0.3) is 0 Å². The molecular weight excluding hydrogens is 368 g/mol. The molecule has 0 spiro atoms. The number of ether oxygens (including phenoxy) is 2. The van der Waals surface area contributed by atoms with E-state index >= 15 is 0 Å². The molecule has 1 aliphatic carbocycles. The molecule has 1 saturated carbocycles. The number of carbonyl (C=O) groups is 2. The fraction of sp³-hybridized carbons (Fsp3) is 0.391. The average molecular weight is 396 g/mol. The summed E-state index contributed by atoms with van der Waals surface area (Å²) in [6, 6.07) is 14.5. The van der Waals surface area contributed by atoms with E-state index in [0.29, 0.717) is 22.7 Å². The minimum absolute atomic E-state index is 0.0709. The van der Waals surface area contributed by atoms with Gasteiger partial charge in [-0.15, -0.1) is 0 Å². The van der Waals surface area contributed by atoms with Crippen molar-refractivity contribution in [2.45, 2.75) is 38.1 Å². The molecule has 0 heterocycles. The van der Waals surface area contributed by atoms with Gasteiger partial charge >= 0.3 is 0 Å². The number of amides is 2. The van der Waals surface area contributed by atoms with Gasteiger partial charge in [0.1, 0.15) is 0 Å². The summed E-state index contributed by atoms with van der Waals surface area (Å²) >= 11 is 0. The molecule has 29 heavy (non-hydrogen) atoms. The van der Waals surface area contributed by atoms with Crippen LogP contribution in [0.15, 0.2) is 48.5 Å². The second-order valence-corrected chi connectivity index (χ2v) is 7.24. The third kappa shape index (κ3) is 5.28. The lowest BCUT2D eigenvalue weighted by atomic mass is 9.94. The Kier molecular flexibility index (Phi) is 7.11. The lowest BCUT2D eigenvalue weighted by molar-refractivity contribution is -0.118. The van der Waals surface area contributed by atoms with Gasteiger partial charge in [-0.25, -0.2) is 0 Å². The zero-order valence-electron chi connectivity index (χ0n) is 17.0. The van der Waals surface area contributed by atoms with Crippen LogP contribution in [-0.4, -0.2) is 43.5 Å². The van der Waals surface area contributed by atoms with E-state index < -0.39 is 0 Å². The summed E-state index contributed by atoms with van der Waals surface area (Å²) < 4.78 is 10.8. The van der Waals surface area contributed by atoms with E-state index in [0.717, 1.165) is 25.7 Å². The summed E-state index contributed by atoms with van der Waals surface area (Å²) in [6.45, 7) is -0.179. The summed E-state index contributed by atoms with van der Waals surface area (Å²) in [7, 11) is 3.40. The summed E-state index contributed by atoms with van der Waals surface area (Å²) in [5, 5.41) is 2.80. The predicted molar refractivity (Wildman–Crippen MR) is 113 cm³/mol. The fourth-order valence-electron chi connectivity index (χ4n) is 3.67. The zero-order valence-corrected chi connectivity index (χ0v) is 17.0. The highest BCUT2D eigenvalue weighted by Gasteiger charge is 2.24. The molecule has 0 saturated heterocycles. The number of methoxy groups -OCH3 is 1. The number of hydrogen-bond acceptors (Lipinski definition) is 4. The minimum Gasteiger partial charge on any atom is -0.493 e. The maximum Gasteiger partial charge on any atom is 0.262 e. The van der Waals surface area contributed by atoms with Gasteiger partial charge in [0.15, 0.2) is 18.1 Å². The highest BCUT2D eigenvalue weighted by atomic mass is 16.5. The van der Waals surface area contributed by atoms with Crippen molar-refractivity contribution in [1.29, 1.82) is 0 Å². The Morgan fingerprint density at radius 1 is 1.00 bits per heavy atom. The molecule has 154 valence electrons. The van der Waals surface area contributed by atoms with Crippen molar-refractivity contribution in [1.82, 2.24) is 4.90 Å². The first kappa shape index (κ1) is 20.7. The van der Waals surface area contributed by atoms with Gasteiger partial charge in [-0.1, -0.05) is 43.5 Å². The topological polar surface area (TPSA) is 67.9 Å². The number of nitrogens with one attached hydrogen (secondary N) is 1. The first-order valence-corrected chi connectivity index (χ1v) is 10.0. The average Bonchev–Trinajstić information content (AvgIpc) is 2.78. The van der Waals surface area contributed by atoms with Gasteiger partial charge in [-0.3, -0.25) is 9.59 Å². The van der Waals surface area contributed by atoms with Gasteiger partial charge in [0, 0.05) is 13.1 Å². The largest absolute Gasteiger partial charge is 0.493 e. The fourth-order valence-corrected chi connectivity index (χ4v) is 3.67. The van der Waals surface area contributed by atoms with Crippen LogP contribution in [0.4, 0.5) is 5.69 Å². The van der Waals surface area contributed by atoms with Crippen molar-refractivity contribution in [2.75, 3.05) is 26.1 Å². The quantitative estimate of drug-likeness (QED) is 0.765. The monoisotopic (exact) mass is 396 g/mol. The molecule has 6 nitrogen and oxygen atoms in total. The second kappa shape index (κ2) is 9.96. The Morgan fingerprint density at radius 2 is 1.66 bits per heavy atom. The number of benzene rings is 2. The third-order valence-corrected chi connectivity index (χ3v) is 5.30. The van der Waals surface area contributed by atoms with Gasteiger partial charge in [0.2, 0.25) is 0 Å². The van der Waals surface area contributed by atoms with Crippen LogP contribution in [0, 0.1) is 0 Å². The molecule has 0 radical (unpaired) electrons. The van der Waals surface area contributed by atoms with E-state index in [1.807, 2.05) is 30.1 Å². The predicted octanol–water partition coefficient (Wildman–Crippen LogP) is 4.12. The first-order chi connectivity index (χ1) is 14.1. The molecule has 2 aromatic carbocycles. The Bertz CT molecular complexity index is 846. The van der Waals surface area contributed by atoms with Crippen molar-refractivity contribution < 1.29 is 19.1 Å². The first-order valence-electron chi connectivity index (χ1n) is 10.0. The van der Waals surface area contributed by atoms with Crippen LogP contribution in [0.2, 0.25) is 0 Å². The van der Waals surface area contributed by atoms with Crippen LogP contribution < -0.4 is 14.8 Å². The van der Waals surface area contributed by atoms with Crippen molar-refractivity contribution >= 4 is 17.5 Å². The van der Waals surface area contributed by atoms with E-state index in [4.69, 9.17) is 9.47 Å². The van der Waals surface area contributed by atoms with Crippen molar-refractivity contribution in [3.05, 3.63) is 54.1 Å². The number of hydrogen-bond donors (Lipinski definition) is 1. The zero-order chi connectivity index (χ0) is 20.6. The van der Waals surface area contributed by atoms with E-state index in [1.165, 1.54) is 6.42 Å². The Labute approximate surface area is 171 Å². The molecule has 3 rings (SSSR count). The second-order valence-electron chi connectivity index (χ2n) is 7.24. The molecule has 0 aliphatic heterocycles. The maximum atomic E-state index is 13.0. The number of anilines is 1. The molecule has 0 aromatic heterocycles. The number of para-hydroxylation sites is 3. The maximum absolute atomic E-state index is 13.0.